The van der Waals surface area contributed by atoms with E-state index in [1.807, 2.05) is 0 Å². The SMILES string of the molecule is CC(C)Cc1ccc(O)c(C(=O)Nc2ccc(C(=O)O)cc2Br)c1. The van der Waals surface area contributed by atoms with Crippen molar-refractivity contribution in [3.8, 4) is 5.75 Å². The molecule has 2 rings (SSSR count). The highest BCUT2D eigenvalue weighted by atomic mass is 79.9. The van der Waals surface area contributed by atoms with E-state index >= 15 is 0 Å². The average molecular weight is 392 g/mol. The third-order valence-corrected chi connectivity index (χ3v) is 4.07. The normalized spacial score (nSPS) is 10.7. The van der Waals surface area contributed by atoms with Crippen LogP contribution < -0.4 is 5.32 Å². The first-order chi connectivity index (χ1) is 11.3. The van der Waals surface area contributed by atoms with E-state index in [4.69, 9.17) is 5.11 Å². The van der Waals surface area contributed by atoms with E-state index in [9.17, 15) is 14.7 Å². The minimum atomic E-state index is -1.05. The Kier molecular flexibility index (Phi) is 5.62. The first-order valence-electron chi connectivity index (χ1n) is 7.44. The van der Waals surface area contributed by atoms with Gasteiger partial charge in [0.2, 0.25) is 0 Å². The van der Waals surface area contributed by atoms with E-state index in [2.05, 4.69) is 35.1 Å². The lowest BCUT2D eigenvalue weighted by molar-refractivity contribution is 0.0696. The Morgan fingerprint density at radius 1 is 1.17 bits per heavy atom. The maximum Gasteiger partial charge on any atom is 0.335 e. The summed E-state index contributed by atoms with van der Waals surface area (Å²) < 4.78 is 0.452. The molecule has 3 N–H and O–H groups in total. The Morgan fingerprint density at radius 2 is 1.88 bits per heavy atom. The first kappa shape index (κ1) is 18.0. The van der Waals surface area contributed by atoms with Crippen molar-refractivity contribution in [2.75, 3.05) is 5.32 Å². The van der Waals surface area contributed by atoms with Gasteiger partial charge in [0.05, 0.1) is 16.8 Å². The van der Waals surface area contributed by atoms with Crippen LogP contribution in [0.4, 0.5) is 5.69 Å². The van der Waals surface area contributed by atoms with E-state index in [1.165, 1.54) is 24.3 Å². The van der Waals surface area contributed by atoms with Crippen molar-refractivity contribution in [1.29, 1.82) is 0 Å². The number of aromatic hydroxyl groups is 1. The summed E-state index contributed by atoms with van der Waals surface area (Å²) in [6.45, 7) is 4.15. The number of rotatable bonds is 5. The number of carbonyl (C=O) groups excluding carboxylic acids is 1. The van der Waals surface area contributed by atoms with Gasteiger partial charge in [-0.25, -0.2) is 4.79 Å². The number of carbonyl (C=O) groups is 2. The van der Waals surface area contributed by atoms with Crippen LogP contribution in [-0.2, 0) is 6.42 Å². The molecule has 126 valence electrons. The Labute approximate surface area is 148 Å². The molecular formula is C18H18BrNO4. The van der Waals surface area contributed by atoms with E-state index < -0.39 is 11.9 Å². The Bertz CT molecular complexity index is 787. The van der Waals surface area contributed by atoms with E-state index in [-0.39, 0.29) is 16.9 Å². The number of hydrogen-bond acceptors (Lipinski definition) is 3. The van der Waals surface area contributed by atoms with E-state index in [0.29, 0.717) is 16.1 Å². The van der Waals surface area contributed by atoms with Crippen molar-refractivity contribution in [3.63, 3.8) is 0 Å². The molecule has 0 spiro atoms. The highest BCUT2D eigenvalue weighted by Gasteiger charge is 2.15. The number of phenolic OH excluding ortho intramolecular Hbond substituents is 1. The molecule has 0 radical (unpaired) electrons. The molecule has 5 nitrogen and oxygen atoms in total. The smallest absolute Gasteiger partial charge is 0.335 e. The van der Waals surface area contributed by atoms with Crippen molar-refractivity contribution in [1.82, 2.24) is 0 Å². The second-order valence-electron chi connectivity index (χ2n) is 5.90. The molecule has 0 aliphatic carbocycles. The fourth-order valence-corrected chi connectivity index (χ4v) is 2.78. The molecule has 2 aromatic carbocycles. The van der Waals surface area contributed by atoms with Gasteiger partial charge in [-0.15, -0.1) is 0 Å². The summed E-state index contributed by atoms with van der Waals surface area (Å²) >= 11 is 3.24. The molecule has 6 heteroatoms. The van der Waals surface area contributed by atoms with Gasteiger partial charge in [-0.1, -0.05) is 19.9 Å². The van der Waals surface area contributed by atoms with Crippen LogP contribution in [0.1, 0.15) is 40.1 Å². The van der Waals surface area contributed by atoms with Crippen LogP contribution in [-0.4, -0.2) is 22.1 Å². The van der Waals surface area contributed by atoms with Crippen molar-refractivity contribution in [2.24, 2.45) is 5.92 Å². The number of amides is 1. The van der Waals surface area contributed by atoms with E-state index in [0.717, 1.165) is 12.0 Å². The minimum absolute atomic E-state index is 0.0988. The van der Waals surface area contributed by atoms with Crippen molar-refractivity contribution >= 4 is 33.5 Å². The fraction of sp³-hybridized carbons (Fsp3) is 0.222. The molecule has 0 aliphatic heterocycles. The lowest BCUT2D eigenvalue weighted by Crippen LogP contribution is -2.13. The summed E-state index contributed by atoms with van der Waals surface area (Å²) in [5, 5.41) is 21.6. The Balaban J connectivity index is 2.25. The molecule has 1 amide bonds. The van der Waals surface area contributed by atoms with Crippen molar-refractivity contribution in [2.45, 2.75) is 20.3 Å². The molecule has 0 bridgehead atoms. The molecule has 0 unspecified atom stereocenters. The van der Waals surface area contributed by atoms with Crippen molar-refractivity contribution in [3.05, 3.63) is 57.6 Å². The largest absolute Gasteiger partial charge is 0.507 e. The summed E-state index contributed by atoms with van der Waals surface area (Å²) in [4.78, 5) is 23.4. The standard InChI is InChI=1S/C18H18BrNO4/c1-10(2)7-11-3-6-16(21)13(8-11)17(22)20-15-5-4-12(18(23)24)9-14(15)19/h3-6,8-10,21H,7H2,1-2H3,(H,20,22)(H,23,24). The molecule has 0 atom stereocenters. The lowest BCUT2D eigenvalue weighted by atomic mass is 10.00. The van der Waals surface area contributed by atoms with Gasteiger partial charge in [-0.3, -0.25) is 4.79 Å². The molecule has 24 heavy (non-hydrogen) atoms. The average Bonchev–Trinajstić information content (AvgIpc) is 2.50. The number of halogens is 1. The van der Waals surface area contributed by atoms with Gasteiger partial charge in [0.1, 0.15) is 5.75 Å². The summed E-state index contributed by atoms with van der Waals surface area (Å²) in [5.41, 5.74) is 1.69. The number of anilines is 1. The number of benzene rings is 2. The highest BCUT2D eigenvalue weighted by Crippen LogP contribution is 2.26. The van der Waals surface area contributed by atoms with Gasteiger partial charge < -0.3 is 15.5 Å². The van der Waals surface area contributed by atoms with Crippen LogP contribution in [0.5, 0.6) is 5.75 Å². The Morgan fingerprint density at radius 3 is 2.46 bits per heavy atom. The predicted octanol–water partition coefficient (Wildman–Crippen LogP) is 4.30. The molecule has 0 aromatic heterocycles. The molecule has 0 saturated carbocycles. The summed E-state index contributed by atoms with van der Waals surface area (Å²) in [6, 6.07) is 9.29. The highest BCUT2D eigenvalue weighted by molar-refractivity contribution is 9.10. The van der Waals surface area contributed by atoms with Gasteiger partial charge >= 0.3 is 5.97 Å². The van der Waals surface area contributed by atoms with Crippen LogP contribution in [0.25, 0.3) is 0 Å². The molecule has 0 fully saturated rings. The van der Waals surface area contributed by atoms with Gasteiger partial charge in [0.15, 0.2) is 0 Å². The summed E-state index contributed by atoms with van der Waals surface area (Å²) in [5.74, 6) is -1.17. The molecule has 0 heterocycles. The first-order valence-corrected chi connectivity index (χ1v) is 8.23. The molecule has 0 aliphatic rings. The summed E-state index contributed by atoms with van der Waals surface area (Å²) in [6.07, 6.45) is 0.803. The number of phenols is 1. The maximum absolute atomic E-state index is 12.4. The number of carboxylic acids is 1. The third kappa shape index (κ3) is 4.35. The quantitative estimate of drug-likeness (QED) is 0.708. The van der Waals surface area contributed by atoms with Gasteiger partial charge in [-0.05, 0) is 64.2 Å². The Hall–Kier alpha value is -2.34. The second kappa shape index (κ2) is 7.49. The third-order valence-electron chi connectivity index (χ3n) is 3.41. The number of aromatic carboxylic acids is 1. The van der Waals surface area contributed by atoms with Gasteiger partial charge in [0, 0.05) is 4.47 Å². The monoisotopic (exact) mass is 391 g/mol. The van der Waals surface area contributed by atoms with Crippen LogP contribution in [0.3, 0.4) is 0 Å². The van der Waals surface area contributed by atoms with Crippen LogP contribution in [0.2, 0.25) is 0 Å². The van der Waals surface area contributed by atoms with Crippen LogP contribution in [0.15, 0.2) is 40.9 Å². The van der Waals surface area contributed by atoms with Gasteiger partial charge in [0.25, 0.3) is 5.91 Å². The molecule has 2 aromatic rings. The van der Waals surface area contributed by atoms with Crippen LogP contribution >= 0.6 is 15.9 Å². The van der Waals surface area contributed by atoms with Crippen molar-refractivity contribution < 1.29 is 19.8 Å². The number of nitrogens with one attached hydrogen (secondary N) is 1. The zero-order valence-electron chi connectivity index (χ0n) is 13.3. The van der Waals surface area contributed by atoms with E-state index in [1.54, 1.807) is 12.1 Å². The zero-order chi connectivity index (χ0) is 17.9. The number of carboxylic acid groups (broad SMARTS) is 1. The lowest BCUT2D eigenvalue weighted by Gasteiger charge is -2.11. The minimum Gasteiger partial charge on any atom is -0.507 e. The fourth-order valence-electron chi connectivity index (χ4n) is 2.30. The maximum atomic E-state index is 12.4. The predicted molar refractivity (Wildman–Crippen MR) is 95.7 cm³/mol. The van der Waals surface area contributed by atoms with Gasteiger partial charge in [-0.2, -0.15) is 0 Å². The number of hydrogen-bond donors (Lipinski definition) is 3. The zero-order valence-corrected chi connectivity index (χ0v) is 14.9. The molecular weight excluding hydrogens is 374 g/mol. The summed E-state index contributed by atoms with van der Waals surface area (Å²) in [7, 11) is 0. The topological polar surface area (TPSA) is 86.6 Å². The van der Waals surface area contributed by atoms with Crippen LogP contribution in [0, 0.1) is 5.92 Å². The molecule has 0 saturated heterocycles. The second-order valence-corrected chi connectivity index (χ2v) is 6.76.